The molecular formula is C10H16. The van der Waals surface area contributed by atoms with Gasteiger partial charge in [-0.25, -0.2) is 0 Å². The summed E-state index contributed by atoms with van der Waals surface area (Å²) in [6.07, 6.45) is 9.36. The van der Waals surface area contributed by atoms with Crippen LogP contribution in [0.1, 0.15) is 45.4 Å². The van der Waals surface area contributed by atoms with Crippen molar-refractivity contribution in [3.8, 4) is 0 Å². The summed E-state index contributed by atoms with van der Waals surface area (Å²) in [6, 6.07) is 0. The van der Waals surface area contributed by atoms with E-state index in [-0.39, 0.29) is 0 Å². The molecule has 0 amide bonds. The van der Waals surface area contributed by atoms with Gasteiger partial charge in [-0.2, -0.15) is 0 Å². The van der Waals surface area contributed by atoms with Crippen molar-refractivity contribution in [1.82, 2.24) is 0 Å². The zero-order chi connectivity index (χ0) is 6.82. The van der Waals surface area contributed by atoms with Crippen molar-refractivity contribution in [2.75, 3.05) is 0 Å². The zero-order valence-electron chi connectivity index (χ0n) is 6.82. The molecule has 3 fully saturated rings. The van der Waals surface area contributed by atoms with Gasteiger partial charge in [0.05, 0.1) is 0 Å². The third kappa shape index (κ3) is 0.302. The van der Waals surface area contributed by atoms with Gasteiger partial charge in [-0.05, 0) is 48.9 Å². The Hall–Kier alpha value is 0. The van der Waals surface area contributed by atoms with Gasteiger partial charge in [-0.3, -0.25) is 0 Å². The summed E-state index contributed by atoms with van der Waals surface area (Å²) in [7, 11) is 0. The molecule has 3 rings (SSSR count). The van der Waals surface area contributed by atoms with Gasteiger partial charge in [0, 0.05) is 0 Å². The Balaban J connectivity index is 1.96. The first-order valence-corrected chi connectivity index (χ1v) is 4.86. The maximum atomic E-state index is 2.40. The van der Waals surface area contributed by atoms with E-state index >= 15 is 0 Å². The largest absolute Gasteiger partial charge is 0.0648 e. The van der Waals surface area contributed by atoms with Crippen molar-refractivity contribution in [2.45, 2.75) is 45.4 Å². The van der Waals surface area contributed by atoms with E-state index in [1.54, 1.807) is 32.1 Å². The van der Waals surface area contributed by atoms with Crippen LogP contribution in [0.4, 0.5) is 0 Å². The molecular weight excluding hydrogens is 120 g/mol. The highest BCUT2D eigenvalue weighted by Gasteiger charge is 2.80. The van der Waals surface area contributed by atoms with Crippen LogP contribution in [0.15, 0.2) is 0 Å². The number of hydrogen-bond acceptors (Lipinski definition) is 0. The smallest absolute Gasteiger partial charge is 0.0204 e. The van der Waals surface area contributed by atoms with Crippen molar-refractivity contribution in [1.29, 1.82) is 0 Å². The van der Waals surface area contributed by atoms with Crippen molar-refractivity contribution in [3.63, 3.8) is 0 Å². The molecule has 0 heterocycles. The molecule has 0 aromatic heterocycles. The van der Waals surface area contributed by atoms with Crippen LogP contribution in [0.3, 0.4) is 0 Å². The molecule has 0 heteroatoms. The topological polar surface area (TPSA) is 0 Å². The number of hydrogen-bond donors (Lipinski definition) is 0. The van der Waals surface area contributed by atoms with Gasteiger partial charge in [0.1, 0.15) is 0 Å². The predicted molar refractivity (Wildman–Crippen MR) is 41.7 cm³/mol. The van der Waals surface area contributed by atoms with Crippen LogP contribution >= 0.6 is 0 Å². The van der Waals surface area contributed by atoms with Crippen LogP contribution in [0.25, 0.3) is 0 Å². The van der Waals surface area contributed by atoms with Gasteiger partial charge in [0.25, 0.3) is 0 Å². The predicted octanol–water partition coefficient (Wildman–Crippen LogP) is 2.98. The van der Waals surface area contributed by atoms with E-state index in [9.17, 15) is 0 Å². The van der Waals surface area contributed by atoms with Crippen LogP contribution in [-0.4, -0.2) is 0 Å². The van der Waals surface area contributed by atoms with Crippen molar-refractivity contribution in [2.24, 2.45) is 16.7 Å². The lowest BCUT2D eigenvalue weighted by Crippen LogP contribution is -2.24. The first-order valence-electron chi connectivity index (χ1n) is 4.86. The lowest BCUT2D eigenvalue weighted by atomic mass is 9.70. The molecule has 0 N–H and O–H groups in total. The molecule has 0 bridgehead atoms. The molecule has 0 aromatic rings. The highest BCUT2D eigenvalue weighted by Crippen LogP contribution is 2.88. The molecule has 1 spiro atoms. The van der Waals surface area contributed by atoms with Crippen LogP contribution in [-0.2, 0) is 0 Å². The third-order valence-electron chi connectivity index (χ3n) is 5.01. The first kappa shape index (κ1) is 5.62. The van der Waals surface area contributed by atoms with Crippen molar-refractivity contribution < 1.29 is 0 Å². The molecule has 3 aliphatic carbocycles. The Morgan fingerprint density at radius 3 is 2.60 bits per heavy atom. The summed E-state index contributed by atoms with van der Waals surface area (Å²) in [5.41, 5.74) is 1.87. The summed E-state index contributed by atoms with van der Waals surface area (Å²) in [5.74, 6) is 1.20. The zero-order valence-corrected chi connectivity index (χ0v) is 6.82. The van der Waals surface area contributed by atoms with Crippen LogP contribution in [0, 0.1) is 16.7 Å². The van der Waals surface area contributed by atoms with E-state index in [0.29, 0.717) is 0 Å². The Morgan fingerprint density at radius 1 is 1.30 bits per heavy atom. The maximum Gasteiger partial charge on any atom is -0.0204 e. The summed E-state index contributed by atoms with van der Waals surface area (Å²) >= 11 is 0. The van der Waals surface area contributed by atoms with Crippen molar-refractivity contribution >= 4 is 0 Å². The van der Waals surface area contributed by atoms with Crippen LogP contribution in [0.2, 0.25) is 0 Å². The summed E-state index contributed by atoms with van der Waals surface area (Å²) in [5, 5.41) is 0. The molecule has 0 radical (unpaired) electrons. The van der Waals surface area contributed by atoms with E-state index in [1.807, 2.05) is 0 Å². The summed E-state index contributed by atoms with van der Waals surface area (Å²) in [4.78, 5) is 0. The molecule has 56 valence electrons. The molecule has 3 atom stereocenters. The average molecular weight is 136 g/mol. The van der Waals surface area contributed by atoms with Gasteiger partial charge in [-0.1, -0.05) is 13.3 Å². The first-order chi connectivity index (χ1) is 4.86. The fourth-order valence-corrected chi connectivity index (χ4v) is 4.45. The highest BCUT2D eigenvalue weighted by molar-refractivity contribution is 5.29. The fraction of sp³-hybridized carbons (Fsp3) is 1.00. The van der Waals surface area contributed by atoms with Crippen molar-refractivity contribution in [3.05, 3.63) is 0 Å². The summed E-state index contributed by atoms with van der Waals surface area (Å²) < 4.78 is 0. The van der Waals surface area contributed by atoms with Gasteiger partial charge in [-0.15, -0.1) is 0 Å². The number of fused-ring (bicyclic) bond motifs is 1. The van der Waals surface area contributed by atoms with Gasteiger partial charge in [0.2, 0.25) is 0 Å². The minimum absolute atomic E-state index is 0.922. The monoisotopic (exact) mass is 136 g/mol. The Kier molecular flexibility index (Phi) is 0.735. The molecule has 10 heavy (non-hydrogen) atoms. The second-order valence-corrected chi connectivity index (χ2v) is 4.61. The molecule has 3 aliphatic rings. The second-order valence-electron chi connectivity index (χ2n) is 4.61. The summed E-state index contributed by atoms with van der Waals surface area (Å²) in [6.45, 7) is 2.40. The lowest BCUT2D eigenvalue weighted by Gasteiger charge is -2.35. The molecule has 0 nitrogen and oxygen atoms in total. The fourth-order valence-electron chi connectivity index (χ4n) is 4.45. The maximum absolute atomic E-state index is 2.40. The third-order valence-corrected chi connectivity index (χ3v) is 5.01. The molecule has 0 saturated heterocycles. The van der Waals surface area contributed by atoms with Gasteiger partial charge in [0.15, 0.2) is 0 Å². The van der Waals surface area contributed by atoms with Crippen LogP contribution in [0.5, 0.6) is 0 Å². The van der Waals surface area contributed by atoms with Gasteiger partial charge < -0.3 is 0 Å². The highest BCUT2D eigenvalue weighted by atomic mass is 14.8. The Morgan fingerprint density at radius 2 is 2.20 bits per heavy atom. The minimum atomic E-state index is 0.922. The van der Waals surface area contributed by atoms with E-state index in [0.717, 1.165) is 10.8 Å². The normalized spacial score (nSPS) is 62.7. The SMILES string of the molecule is CCC12CCC13CCCC23. The van der Waals surface area contributed by atoms with E-state index in [4.69, 9.17) is 0 Å². The average Bonchev–Trinajstić information content (AvgIpc) is 2.37. The van der Waals surface area contributed by atoms with E-state index in [2.05, 4.69) is 6.92 Å². The second kappa shape index (κ2) is 1.31. The molecule has 0 aromatic carbocycles. The molecule has 0 aliphatic heterocycles. The molecule has 3 saturated carbocycles. The van der Waals surface area contributed by atoms with Gasteiger partial charge >= 0.3 is 0 Å². The minimum Gasteiger partial charge on any atom is -0.0648 e. The Labute approximate surface area is 63.0 Å². The van der Waals surface area contributed by atoms with E-state index in [1.165, 1.54) is 12.3 Å². The standard InChI is InChI=1S/C10H16/c1-2-9-6-7-10(9)5-3-4-8(9)10/h8H,2-7H2,1H3. The lowest BCUT2D eigenvalue weighted by molar-refractivity contribution is 0.154. The Bertz CT molecular complexity index is 169. The van der Waals surface area contributed by atoms with Crippen LogP contribution < -0.4 is 0 Å². The molecule has 3 unspecified atom stereocenters. The number of rotatable bonds is 1. The quantitative estimate of drug-likeness (QED) is 0.520. The van der Waals surface area contributed by atoms with E-state index < -0.39 is 0 Å².